The number of amides is 4. The summed E-state index contributed by atoms with van der Waals surface area (Å²) in [5.41, 5.74) is -0.671. The van der Waals surface area contributed by atoms with E-state index in [2.05, 4.69) is 49.3 Å². The van der Waals surface area contributed by atoms with Gasteiger partial charge in [-0.2, -0.15) is 13.2 Å². The van der Waals surface area contributed by atoms with E-state index in [1.807, 2.05) is 52.1 Å². The van der Waals surface area contributed by atoms with Crippen LogP contribution in [0.1, 0.15) is 61.4 Å². The Hall–Kier alpha value is -6.25. The molecule has 25 heteroatoms. The number of rotatable bonds is 20. The SMILES string of the molecule is C[C@@]1(CN2CCN(c3cc(N4CCC(=O)NC4=O)ccc3F)CC2)CCC(c2ccc(Cl)cc2)=C(CN2CCN(c3ccc(C(=O)NS(=O)(=O)c4ccc(N[C@H](CCN5CCCOCC5)CSc5ccccc5)c(S(=O)(=O)C(F)(F)F)c4)cc3)CC2)C1. The number of carbonyl (C=O) groups is 3. The van der Waals surface area contributed by atoms with Crippen LogP contribution in [0.5, 0.6) is 0 Å². The van der Waals surface area contributed by atoms with Crippen molar-refractivity contribution >= 4 is 89.4 Å². The number of sulfonamides is 1. The number of halogens is 5. The molecule has 3 N–H and O–H groups in total. The molecule has 0 radical (unpaired) electrons. The number of ether oxygens (including phenoxy) is 1. The summed E-state index contributed by atoms with van der Waals surface area (Å²) in [5, 5.41) is 6.01. The summed E-state index contributed by atoms with van der Waals surface area (Å²) in [6.45, 7) is 12.8. The van der Waals surface area contributed by atoms with E-state index in [0.717, 1.165) is 99.8 Å². The van der Waals surface area contributed by atoms with Gasteiger partial charge >= 0.3 is 11.5 Å². The molecule has 4 fully saturated rings. The topological polar surface area (TPSA) is 184 Å². The van der Waals surface area contributed by atoms with E-state index in [0.29, 0.717) is 87.1 Å². The Morgan fingerprint density at radius 3 is 2.18 bits per heavy atom. The van der Waals surface area contributed by atoms with Crippen LogP contribution in [-0.2, 0) is 29.4 Å². The second-order valence-corrected chi connectivity index (χ2v) is 28.3. The molecule has 17 nitrogen and oxygen atoms in total. The molecular weight excluding hydrogens is 1210 g/mol. The quantitative estimate of drug-likeness (QED) is 0.0494. The average Bonchev–Trinajstić information content (AvgIpc) is 2.99. The zero-order chi connectivity index (χ0) is 61.5. The Morgan fingerprint density at radius 1 is 0.770 bits per heavy atom. The zero-order valence-electron chi connectivity index (χ0n) is 48.4. The van der Waals surface area contributed by atoms with Crippen LogP contribution in [0.2, 0.25) is 5.02 Å². The zero-order valence-corrected chi connectivity index (χ0v) is 51.6. The highest BCUT2D eigenvalue weighted by molar-refractivity contribution is 7.99. The lowest BCUT2D eigenvalue weighted by Crippen LogP contribution is -2.51. The van der Waals surface area contributed by atoms with E-state index < -0.39 is 58.8 Å². The minimum atomic E-state index is -6.10. The second kappa shape index (κ2) is 27.6. The molecular formula is C62H72ClF4N9O8S3. The van der Waals surface area contributed by atoms with Crippen molar-refractivity contribution in [2.24, 2.45) is 5.41 Å². The normalized spacial score (nSPS) is 20.3. The molecule has 10 rings (SSSR count). The number of carbonyl (C=O) groups excluding carboxylic acids is 3. The molecule has 4 saturated heterocycles. The van der Waals surface area contributed by atoms with E-state index in [1.54, 1.807) is 24.3 Å². The van der Waals surface area contributed by atoms with Gasteiger partial charge in [0.2, 0.25) is 5.91 Å². The first kappa shape index (κ1) is 63.8. The van der Waals surface area contributed by atoms with Crippen molar-refractivity contribution in [3.05, 3.63) is 143 Å². The molecule has 466 valence electrons. The molecule has 4 aliphatic heterocycles. The fraction of sp³-hybridized carbons (Fsp3) is 0.435. The Balaban J connectivity index is 0.763. The lowest BCUT2D eigenvalue weighted by atomic mass is 9.71. The molecule has 0 saturated carbocycles. The van der Waals surface area contributed by atoms with E-state index in [4.69, 9.17) is 16.3 Å². The smallest absolute Gasteiger partial charge is 0.380 e. The monoisotopic (exact) mass is 1280 g/mol. The van der Waals surface area contributed by atoms with Crippen molar-refractivity contribution in [3.8, 4) is 0 Å². The Labute approximate surface area is 515 Å². The fourth-order valence-electron chi connectivity index (χ4n) is 12.1. The van der Waals surface area contributed by atoms with Gasteiger partial charge in [-0.25, -0.2) is 30.7 Å². The maximum Gasteiger partial charge on any atom is 0.501 e. The Morgan fingerprint density at radius 2 is 1.47 bits per heavy atom. The minimum Gasteiger partial charge on any atom is -0.380 e. The number of imide groups is 1. The van der Waals surface area contributed by atoms with Gasteiger partial charge in [-0.1, -0.05) is 54.4 Å². The van der Waals surface area contributed by atoms with Gasteiger partial charge < -0.3 is 24.8 Å². The van der Waals surface area contributed by atoms with Gasteiger partial charge in [-0.05, 0) is 134 Å². The third-order valence-corrected chi connectivity index (χ3v) is 21.2. The maximum absolute atomic E-state index is 15.3. The summed E-state index contributed by atoms with van der Waals surface area (Å²) in [6, 6.07) is 29.7. The number of benzene rings is 5. The second-order valence-electron chi connectivity index (χ2n) is 23.1. The minimum absolute atomic E-state index is 0.0370. The third kappa shape index (κ3) is 16.0. The predicted molar refractivity (Wildman–Crippen MR) is 331 cm³/mol. The molecule has 0 unspecified atom stereocenters. The van der Waals surface area contributed by atoms with Crippen LogP contribution in [0.15, 0.2) is 136 Å². The highest BCUT2D eigenvalue weighted by Gasteiger charge is 2.49. The van der Waals surface area contributed by atoms with Gasteiger partial charge in [0.05, 0.1) is 22.9 Å². The van der Waals surface area contributed by atoms with E-state index in [9.17, 15) is 44.4 Å². The number of piperazine rings is 2. The van der Waals surface area contributed by atoms with Crippen molar-refractivity contribution in [1.82, 2.24) is 24.7 Å². The first-order valence-electron chi connectivity index (χ1n) is 29.3. The number of nitrogens with zero attached hydrogens (tertiary/aromatic N) is 6. The van der Waals surface area contributed by atoms with Gasteiger partial charge in [0.25, 0.3) is 25.8 Å². The highest BCUT2D eigenvalue weighted by Crippen LogP contribution is 2.45. The maximum atomic E-state index is 15.3. The van der Waals surface area contributed by atoms with Crippen LogP contribution in [0.4, 0.5) is 45.1 Å². The van der Waals surface area contributed by atoms with Crippen molar-refractivity contribution in [2.45, 2.75) is 71.7 Å². The number of allylic oxidation sites excluding steroid dienone is 1. The number of alkyl halides is 3. The molecule has 0 bridgehead atoms. The summed E-state index contributed by atoms with van der Waals surface area (Å²) in [5.74, 6) is -1.40. The molecule has 87 heavy (non-hydrogen) atoms. The van der Waals surface area contributed by atoms with Crippen LogP contribution >= 0.6 is 23.4 Å². The van der Waals surface area contributed by atoms with Gasteiger partial charge in [0, 0.05) is 143 Å². The van der Waals surface area contributed by atoms with Crippen molar-refractivity contribution < 1.29 is 53.5 Å². The first-order chi connectivity index (χ1) is 41.6. The summed E-state index contributed by atoms with van der Waals surface area (Å²) < 4.78 is 120. The number of nitrogens with one attached hydrogen (secondary N) is 3. The first-order valence-corrected chi connectivity index (χ1v) is 33.6. The molecule has 2 atom stereocenters. The number of anilines is 4. The average molecular weight is 1280 g/mol. The summed E-state index contributed by atoms with van der Waals surface area (Å²) in [7, 11) is -11.0. The molecule has 0 spiro atoms. The Kier molecular flexibility index (Phi) is 20.3. The number of sulfone groups is 1. The largest absolute Gasteiger partial charge is 0.501 e. The number of hydrogen-bond donors (Lipinski definition) is 3. The van der Waals surface area contributed by atoms with Crippen molar-refractivity contribution in [3.63, 3.8) is 0 Å². The van der Waals surface area contributed by atoms with E-state index >= 15 is 4.39 Å². The van der Waals surface area contributed by atoms with Gasteiger partial charge in [0.15, 0.2) is 0 Å². The lowest BCUT2D eigenvalue weighted by molar-refractivity contribution is -0.120. The molecule has 1 aliphatic carbocycles. The molecule has 5 aliphatic rings. The molecule has 0 aromatic heterocycles. The van der Waals surface area contributed by atoms with Crippen molar-refractivity contribution in [2.75, 3.05) is 131 Å². The van der Waals surface area contributed by atoms with Gasteiger partial charge in [-0.15, -0.1) is 11.8 Å². The predicted octanol–water partition coefficient (Wildman–Crippen LogP) is 9.61. The molecule has 4 amide bonds. The third-order valence-electron chi connectivity index (χ3n) is 16.9. The van der Waals surface area contributed by atoms with Crippen LogP contribution in [0, 0.1) is 11.2 Å². The standard InChI is InChI=1S/C62H72ClF4N9O8S3/c1-61(43-73-29-33-75(34-30-73)56-38-50(16-18-54(56)64)76-26-22-58(77)69-60(76)79)23-20-53(44-8-12-47(63)13-9-44)46(40-61)41-72-27-31-74(32-28-72)49-14-10-45(11-15-49)59(78)70-87(82,83)52-17-19-55(57(39-52)86(80,81)62(65,66)67)68-48(42-85-51-6-3-2-4-7-51)21-25-71-24-5-36-84-37-35-71/h2-4,6-19,38-39,48,68H,5,20-37,40-43H2,1H3,(H,70,78)(H,69,77,79)/t48-,61-/m1/s1. The summed E-state index contributed by atoms with van der Waals surface area (Å²) in [4.78, 5) is 49.5. The fourth-order valence-corrected chi connectivity index (χ4v) is 15.3. The molecule has 4 heterocycles. The molecule has 5 aromatic carbocycles. The van der Waals surface area contributed by atoms with Crippen LogP contribution in [0.25, 0.3) is 5.57 Å². The van der Waals surface area contributed by atoms with Gasteiger partial charge in [-0.3, -0.25) is 29.6 Å². The molecule has 5 aromatic rings. The van der Waals surface area contributed by atoms with Crippen molar-refractivity contribution in [1.29, 1.82) is 0 Å². The van der Waals surface area contributed by atoms with Crippen LogP contribution in [-0.4, -0.2) is 172 Å². The lowest BCUT2D eigenvalue weighted by Gasteiger charge is -2.44. The Bertz CT molecular complexity index is 3530. The number of urea groups is 1. The van der Waals surface area contributed by atoms with Crippen LogP contribution < -0.4 is 30.1 Å². The highest BCUT2D eigenvalue weighted by atomic mass is 35.5. The summed E-state index contributed by atoms with van der Waals surface area (Å²) >= 11 is 7.79. The van der Waals surface area contributed by atoms with Gasteiger partial charge in [0.1, 0.15) is 10.7 Å². The van der Waals surface area contributed by atoms with E-state index in [-0.39, 0.29) is 35.7 Å². The van der Waals surface area contributed by atoms with E-state index in [1.165, 1.54) is 46.0 Å². The van der Waals surface area contributed by atoms with Crippen LogP contribution in [0.3, 0.4) is 0 Å². The number of hydrogen-bond acceptors (Lipinski definition) is 15. The number of thioether (sulfide) groups is 1. The summed E-state index contributed by atoms with van der Waals surface area (Å²) in [6.07, 6.45) is 4.15.